The van der Waals surface area contributed by atoms with E-state index in [0.717, 1.165) is 24.3 Å². The van der Waals surface area contributed by atoms with Crippen molar-refractivity contribution >= 4 is 11.6 Å². The van der Waals surface area contributed by atoms with Crippen LogP contribution in [0.1, 0.15) is 19.8 Å². The van der Waals surface area contributed by atoms with Gasteiger partial charge in [-0.1, -0.05) is 12.1 Å². The summed E-state index contributed by atoms with van der Waals surface area (Å²) in [6, 6.07) is 8.14. The number of carbonyl (C=O) groups is 1. The van der Waals surface area contributed by atoms with Gasteiger partial charge in [0.25, 0.3) is 0 Å². The van der Waals surface area contributed by atoms with Crippen LogP contribution in [0.2, 0.25) is 0 Å². The van der Waals surface area contributed by atoms with Crippen LogP contribution in [0.4, 0.5) is 5.69 Å². The molecule has 0 spiro atoms. The second kappa shape index (κ2) is 5.76. The van der Waals surface area contributed by atoms with Crippen molar-refractivity contribution in [3.63, 3.8) is 0 Å². The number of para-hydroxylation sites is 2. The second-order valence-electron chi connectivity index (χ2n) is 4.52. The summed E-state index contributed by atoms with van der Waals surface area (Å²) >= 11 is 0. The molecule has 0 unspecified atom stereocenters. The van der Waals surface area contributed by atoms with Gasteiger partial charge in [-0.2, -0.15) is 0 Å². The summed E-state index contributed by atoms with van der Waals surface area (Å²) in [5.41, 5.74) is 0.872. The molecule has 18 heavy (non-hydrogen) atoms. The molecule has 1 N–H and O–H groups in total. The summed E-state index contributed by atoms with van der Waals surface area (Å²) in [6.45, 7) is 2.88. The van der Waals surface area contributed by atoms with Crippen LogP contribution in [-0.2, 0) is 4.79 Å². The van der Waals surface area contributed by atoms with Crippen molar-refractivity contribution in [3.8, 4) is 5.75 Å². The average Bonchev–Trinajstić information content (AvgIpc) is 3.21. The molecule has 1 aromatic rings. The van der Waals surface area contributed by atoms with E-state index < -0.39 is 0 Å². The lowest BCUT2D eigenvalue weighted by Gasteiger charge is -2.18. The number of ether oxygens (including phenoxy) is 1. The fourth-order valence-electron chi connectivity index (χ4n) is 1.86. The molecule has 0 aromatic heterocycles. The van der Waals surface area contributed by atoms with Crippen LogP contribution in [0.3, 0.4) is 0 Å². The number of likely N-dealkylation sites (N-methyl/N-ethyl adjacent to an activating group) is 1. The minimum atomic E-state index is 0.129. The van der Waals surface area contributed by atoms with Crippen LogP contribution in [0.15, 0.2) is 24.3 Å². The smallest absolute Gasteiger partial charge is 0.241 e. The molecule has 0 aliphatic heterocycles. The Kier molecular flexibility index (Phi) is 4.07. The Morgan fingerprint density at radius 1 is 1.44 bits per heavy atom. The van der Waals surface area contributed by atoms with E-state index in [1.54, 1.807) is 0 Å². The first-order chi connectivity index (χ1) is 8.72. The SMILES string of the molecule is CCOc1ccccc1NCC(=O)N(C)C1CC1. The summed E-state index contributed by atoms with van der Waals surface area (Å²) in [5.74, 6) is 0.922. The molecule has 1 aromatic carbocycles. The Morgan fingerprint density at radius 3 is 2.83 bits per heavy atom. The Bertz CT molecular complexity index is 416. The van der Waals surface area contributed by atoms with Gasteiger partial charge in [0, 0.05) is 13.1 Å². The zero-order valence-corrected chi connectivity index (χ0v) is 11.0. The maximum absolute atomic E-state index is 11.9. The van der Waals surface area contributed by atoms with Crippen molar-refractivity contribution in [1.29, 1.82) is 0 Å². The standard InChI is InChI=1S/C14H20N2O2/c1-3-18-13-7-5-4-6-12(13)15-10-14(17)16(2)11-8-9-11/h4-7,11,15H,3,8-10H2,1-2H3. The van der Waals surface area contributed by atoms with Crippen molar-refractivity contribution < 1.29 is 9.53 Å². The van der Waals surface area contributed by atoms with Gasteiger partial charge in [0.2, 0.25) is 5.91 Å². The molecule has 1 aliphatic carbocycles. The predicted molar refractivity (Wildman–Crippen MR) is 71.9 cm³/mol. The highest BCUT2D eigenvalue weighted by Gasteiger charge is 2.29. The number of hydrogen-bond donors (Lipinski definition) is 1. The monoisotopic (exact) mass is 248 g/mol. The molecule has 1 fully saturated rings. The molecule has 2 rings (SSSR count). The van der Waals surface area contributed by atoms with Crippen molar-refractivity contribution in [3.05, 3.63) is 24.3 Å². The van der Waals surface area contributed by atoms with Gasteiger partial charge in [0.05, 0.1) is 18.8 Å². The molecule has 0 atom stereocenters. The van der Waals surface area contributed by atoms with Crippen LogP contribution >= 0.6 is 0 Å². The van der Waals surface area contributed by atoms with E-state index in [-0.39, 0.29) is 5.91 Å². The van der Waals surface area contributed by atoms with Crippen molar-refractivity contribution in [2.75, 3.05) is 25.5 Å². The molecule has 1 saturated carbocycles. The zero-order valence-electron chi connectivity index (χ0n) is 11.0. The van der Waals surface area contributed by atoms with E-state index in [1.807, 2.05) is 43.1 Å². The molecular formula is C14H20N2O2. The maximum atomic E-state index is 11.9. The molecule has 4 nitrogen and oxygen atoms in total. The van der Waals surface area contributed by atoms with E-state index in [1.165, 1.54) is 0 Å². The van der Waals surface area contributed by atoms with Gasteiger partial charge in [0.1, 0.15) is 5.75 Å². The summed E-state index contributed by atoms with van der Waals surface area (Å²) in [4.78, 5) is 13.7. The molecule has 0 heterocycles. The summed E-state index contributed by atoms with van der Waals surface area (Å²) in [5, 5.41) is 3.15. The highest BCUT2D eigenvalue weighted by atomic mass is 16.5. The van der Waals surface area contributed by atoms with E-state index in [4.69, 9.17) is 4.74 Å². The van der Waals surface area contributed by atoms with Gasteiger partial charge in [-0.25, -0.2) is 0 Å². The van der Waals surface area contributed by atoms with Crippen molar-refractivity contribution in [1.82, 2.24) is 4.90 Å². The number of anilines is 1. The zero-order chi connectivity index (χ0) is 13.0. The fourth-order valence-corrected chi connectivity index (χ4v) is 1.86. The summed E-state index contributed by atoms with van der Waals surface area (Å²) in [7, 11) is 1.87. The second-order valence-corrected chi connectivity index (χ2v) is 4.52. The van der Waals surface area contributed by atoms with Gasteiger partial charge in [-0.15, -0.1) is 0 Å². The fraction of sp³-hybridized carbons (Fsp3) is 0.500. The topological polar surface area (TPSA) is 41.6 Å². The lowest BCUT2D eigenvalue weighted by molar-refractivity contribution is -0.128. The predicted octanol–water partition coefficient (Wildman–Crippen LogP) is 2.12. The van der Waals surface area contributed by atoms with E-state index in [9.17, 15) is 4.79 Å². The lowest BCUT2D eigenvalue weighted by Crippen LogP contribution is -2.33. The molecule has 1 amide bonds. The largest absolute Gasteiger partial charge is 0.492 e. The van der Waals surface area contributed by atoms with E-state index >= 15 is 0 Å². The van der Waals surface area contributed by atoms with Crippen LogP contribution in [0, 0.1) is 0 Å². The summed E-state index contributed by atoms with van der Waals surface area (Å²) in [6.07, 6.45) is 2.27. The molecule has 98 valence electrons. The van der Waals surface area contributed by atoms with Gasteiger partial charge in [-0.3, -0.25) is 4.79 Å². The number of carbonyl (C=O) groups excluding carboxylic acids is 1. The van der Waals surface area contributed by atoms with Crippen LogP contribution in [-0.4, -0.2) is 37.0 Å². The van der Waals surface area contributed by atoms with Crippen molar-refractivity contribution in [2.24, 2.45) is 0 Å². The normalized spacial score (nSPS) is 14.1. The maximum Gasteiger partial charge on any atom is 0.241 e. The minimum Gasteiger partial charge on any atom is -0.492 e. The van der Waals surface area contributed by atoms with Gasteiger partial charge < -0.3 is 15.0 Å². The number of amides is 1. The van der Waals surface area contributed by atoms with Crippen molar-refractivity contribution in [2.45, 2.75) is 25.8 Å². The molecule has 0 radical (unpaired) electrons. The lowest BCUT2D eigenvalue weighted by atomic mass is 10.3. The third kappa shape index (κ3) is 3.15. The number of nitrogens with zero attached hydrogens (tertiary/aromatic N) is 1. The molecule has 0 saturated heterocycles. The number of benzene rings is 1. The summed E-state index contributed by atoms with van der Waals surface area (Å²) < 4.78 is 5.50. The minimum absolute atomic E-state index is 0.129. The Balaban J connectivity index is 1.90. The first-order valence-electron chi connectivity index (χ1n) is 6.43. The highest BCUT2D eigenvalue weighted by Crippen LogP contribution is 2.26. The number of rotatable bonds is 6. The first-order valence-corrected chi connectivity index (χ1v) is 6.43. The average molecular weight is 248 g/mol. The van der Waals surface area contributed by atoms with E-state index in [2.05, 4.69) is 5.32 Å². The molecule has 1 aliphatic rings. The molecular weight excluding hydrogens is 228 g/mol. The quantitative estimate of drug-likeness (QED) is 0.838. The molecule has 0 bridgehead atoms. The Hall–Kier alpha value is -1.71. The van der Waals surface area contributed by atoms with Gasteiger partial charge >= 0.3 is 0 Å². The Morgan fingerprint density at radius 2 is 2.17 bits per heavy atom. The number of hydrogen-bond acceptors (Lipinski definition) is 3. The third-order valence-corrected chi connectivity index (χ3v) is 3.10. The van der Waals surface area contributed by atoms with Crippen LogP contribution in [0.25, 0.3) is 0 Å². The van der Waals surface area contributed by atoms with Crippen LogP contribution in [0.5, 0.6) is 5.75 Å². The van der Waals surface area contributed by atoms with E-state index in [0.29, 0.717) is 19.2 Å². The van der Waals surface area contributed by atoms with Gasteiger partial charge in [0.15, 0.2) is 0 Å². The third-order valence-electron chi connectivity index (χ3n) is 3.10. The number of nitrogens with one attached hydrogen (secondary N) is 1. The Labute approximate surface area is 108 Å². The first kappa shape index (κ1) is 12.7. The highest BCUT2D eigenvalue weighted by molar-refractivity contribution is 5.81. The van der Waals surface area contributed by atoms with Crippen LogP contribution < -0.4 is 10.1 Å². The van der Waals surface area contributed by atoms with Gasteiger partial charge in [-0.05, 0) is 31.9 Å². The molecule has 4 heteroatoms.